The van der Waals surface area contributed by atoms with Crippen molar-refractivity contribution in [1.82, 2.24) is 9.80 Å². The number of carboxylic acid groups (broad SMARTS) is 1. The number of nitrogens with zero attached hydrogens (tertiary/aromatic N) is 3. The minimum absolute atomic E-state index is 0.0175. The number of hydrogen-bond acceptors (Lipinski definition) is 5. The molecular formula is C37H43F4N3O3. The second-order valence-electron chi connectivity index (χ2n) is 13.9. The number of aliphatic carboxylic acids is 1. The molecule has 3 aliphatic rings. The molecule has 2 saturated heterocycles. The molecule has 1 N–H and O–H groups in total. The fourth-order valence-corrected chi connectivity index (χ4v) is 7.84. The van der Waals surface area contributed by atoms with Crippen LogP contribution in [0.3, 0.4) is 0 Å². The summed E-state index contributed by atoms with van der Waals surface area (Å²) in [5, 5.41) is 9.17. The third kappa shape index (κ3) is 7.59. The zero-order valence-corrected chi connectivity index (χ0v) is 27.0. The van der Waals surface area contributed by atoms with E-state index in [0.717, 1.165) is 43.7 Å². The fraction of sp³-hybridized carbons (Fsp3) is 0.486. The van der Waals surface area contributed by atoms with Crippen molar-refractivity contribution in [3.05, 3.63) is 94.6 Å². The molecule has 3 aliphatic heterocycles. The highest BCUT2D eigenvalue weighted by atomic mass is 19.3. The predicted molar refractivity (Wildman–Crippen MR) is 173 cm³/mol. The molecule has 0 aromatic heterocycles. The Labute approximate surface area is 273 Å². The number of carboxylic acids is 1. The van der Waals surface area contributed by atoms with E-state index in [1.54, 1.807) is 12.1 Å². The van der Waals surface area contributed by atoms with Crippen molar-refractivity contribution in [3.8, 4) is 5.75 Å². The summed E-state index contributed by atoms with van der Waals surface area (Å²) in [7, 11) is 0. The summed E-state index contributed by atoms with van der Waals surface area (Å²) in [6.45, 7) is 5.03. The second-order valence-corrected chi connectivity index (χ2v) is 13.9. The fourth-order valence-electron chi connectivity index (χ4n) is 7.84. The van der Waals surface area contributed by atoms with E-state index in [2.05, 4.69) is 0 Å². The van der Waals surface area contributed by atoms with Crippen LogP contribution in [-0.4, -0.2) is 72.1 Å². The third-order valence-corrected chi connectivity index (χ3v) is 10.2. The molecule has 6 rings (SSSR count). The van der Waals surface area contributed by atoms with Gasteiger partial charge in [-0.15, -0.1) is 0 Å². The van der Waals surface area contributed by atoms with Gasteiger partial charge in [-0.05, 0) is 98.5 Å². The van der Waals surface area contributed by atoms with Gasteiger partial charge >= 0.3 is 5.97 Å². The van der Waals surface area contributed by atoms with Crippen LogP contribution in [-0.2, 0) is 17.8 Å². The largest absolute Gasteiger partial charge is 0.489 e. The summed E-state index contributed by atoms with van der Waals surface area (Å²) in [5.74, 6) is -4.82. The lowest BCUT2D eigenvalue weighted by Crippen LogP contribution is -2.50. The van der Waals surface area contributed by atoms with Crippen LogP contribution in [0.1, 0.15) is 67.8 Å². The molecule has 3 heterocycles. The van der Waals surface area contributed by atoms with Crippen molar-refractivity contribution in [1.29, 1.82) is 0 Å². The highest BCUT2D eigenvalue weighted by Gasteiger charge is 2.42. The molecule has 1 unspecified atom stereocenters. The summed E-state index contributed by atoms with van der Waals surface area (Å²) in [6.07, 6.45) is 3.94. The molecule has 2 fully saturated rings. The van der Waals surface area contributed by atoms with Crippen molar-refractivity contribution in [2.24, 2.45) is 5.41 Å². The standard InChI is InChI=1S/C37H43F4N3O3/c1-25-17-27-18-29(47-22-26-7-4-3-5-8-26)9-10-30(27)35(44(25)23-36(2,40)41)34-31(38)19-28(20-32(34)39)43-14-6-11-37(24-43)12-15-42(16-13-37)21-33(45)46/h3-5,7-10,18-20,25,35H,6,11-17,21-24H2,1-2H3,(H,45,46)/t25-,35?/m1/s1. The molecule has 0 bridgehead atoms. The Kier molecular flexibility index (Phi) is 9.54. The Balaban J connectivity index is 1.28. The van der Waals surface area contributed by atoms with Gasteiger partial charge in [-0.25, -0.2) is 17.6 Å². The average Bonchev–Trinajstić information content (AvgIpc) is 3.02. The number of likely N-dealkylation sites (tertiary alicyclic amines) is 1. The van der Waals surface area contributed by atoms with E-state index in [-0.39, 0.29) is 17.5 Å². The number of benzene rings is 3. The summed E-state index contributed by atoms with van der Waals surface area (Å²) in [4.78, 5) is 16.7. The van der Waals surface area contributed by atoms with E-state index in [1.165, 1.54) is 17.0 Å². The van der Waals surface area contributed by atoms with Gasteiger partial charge in [-0.1, -0.05) is 36.4 Å². The first-order valence-corrected chi connectivity index (χ1v) is 16.5. The lowest BCUT2D eigenvalue weighted by atomic mass is 9.72. The summed E-state index contributed by atoms with van der Waals surface area (Å²) in [5.41, 5.74) is 2.59. The molecule has 2 atom stereocenters. The first-order chi connectivity index (χ1) is 22.4. The van der Waals surface area contributed by atoms with E-state index < -0.39 is 42.2 Å². The van der Waals surface area contributed by atoms with Crippen LogP contribution < -0.4 is 9.64 Å². The van der Waals surface area contributed by atoms with Crippen LogP contribution in [0, 0.1) is 17.0 Å². The second kappa shape index (κ2) is 13.5. The maximum atomic E-state index is 16.3. The van der Waals surface area contributed by atoms with Gasteiger partial charge in [0, 0.05) is 37.3 Å². The number of halogens is 4. The number of piperidine rings is 2. The monoisotopic (exact) mass is 653 g/mol. The van der Waals surface area contributed by atoms with Crippen LogP contribution in [0.15, 0.2) is 60.7 Å². The highest BCUT2D eigenvalue weighted by molar-refractivity contribution is 5.69. The molecule has 1 spiro atoms. The maximum Gasteiger partial charge on any atom is 0.317 e. The third-order valence-electron chi connectivity index (χ3n) is 10.2. The molecule has 47 heavy (non-hydrogen) atoms. The van der Waals surface area contributed by atoms with E-state index in [0.29, 0.717) is 56.2 Å². The average molecular weight is 654 g/mol. The van der Waals surface area contributed by atoms with Crippen LogP contribution in [0.4, 0.5) is 23.2 Å². The number of ether oxygens (including phenoxy) is 1. The molecule has 3 aromatic carbocycles. The zero-order valence-electron chi connectivity index (χ0n) is 27.0. The van der Waals surface area contributed by atoms with E-state index in [4.69, 9.17) is 4.74 Å². The number of fused-ring (bicyclic) bond motifs is 1. The van der Waals surface area contributed by atoms with Gasteiger partial charge in [0.2, 0.25) is 0 Å². The molecule has 0 aliphatic carbocycles. The van der Waals surface area contributed by atoms with Crippen LogP contribution >= 0.6 is 0 Å². The van der Waals surface area contributed by atoms with Crippen molar-refractivity contribution in [3.63, 3.8) is 0 Å². The number of carbonyl (C=O) groups is 1. The van der Waals surface area contributed by atoms with E-state index in [1.807, 2.05) is 53.1 Å². The van der Waals surface area contributed by atoms with Crippen molar-refractivity contribution >= 4 is 11.7 Å². The summed E-state index contributed by atoms with van der Waals surface area (Å²) >= 11 is 0. The SMILES string of the molecule is C[C@@H]1Cc2cc(OCc3ccccc3)ccc2C(c2c(F)cc(N3CCCC4(CCN(CC(=O)O)CC4)C3)cc2F)N1CC(C)(F)F. The van der Waals surface area contributed by atoms with Gasteiger partial charge in [0.1, 0.15) is 24.0 Å². The van der Waals surface area contributed by atoms with Crippen LogP contribution in [0.5, 0.6) is 5.75 Å². The van der Waals surface area contributed by atoms with Gasteiger partial charge in [0.05, 0.1) is 19.1 Å². The van der Waals surface area contributed by atoms with Gasteiger partial charge in [0.15, 0.2) is 0 Å². The Hall–Kier alpha value is -3.63. The molecule has 10 heteroatoms. The Bertz CT molecular complexity index is 1550. The minimum Gasteiger partial charge on any atom is -0.489 e. The smallest absolute Gasteiger partial charge is 0.317 e. The van der Waals surface area contributed by atoms with Crippen molar-refractivity contribution in [2.45, 2.75) is 70.6 Å². The molecule has 0 saturated carbocycles. The van der Waals surface area contributed by atoms with Crippen molar-refractivity contribution < 1.29 is 32.2 Å². The quantitative estimate of drug-likeness (QED) is 0.245. The first-order valence-electron chi connectivity index (χ1n) is 16.5. The highest BCUT2D eigenvalue weighted by Crippen LogP contribution is 2.45. The van der Waals surface area contributed by atoms with Crippen LogP contribution in [0.2, 0.25) is 0 Å². The topological polar surface area (TPSA) is 56.3 Å². The van der Waals surface area contributed by atoms with E-state index in [9.17, 15) is 18.7 Å². The predicted octanol–water partition coefficient (Wildman–Crippen LogP) is 7.30. The zero-order chi connectivity index (χ0) is 33.3. The minimum atomic E-state index is -3.07. The van der Waals surface area contributed by atoms with Crippen molar-refractivity contribution in [2.75, 3.05) is 44.2 Å². The number of anilines is 1. The van der Waals surface area contributed by atoms with Crippen LogP contribution in [0.25, 0.3) is 0 Å². The molecule has 0 radical (unpaired) electrons. The lowest BCUT2D eigenvalue weighted by molar-refractivity contribution is -0.139. The summed E-state index contributed by atoms with van der Waals surface area (Å²) < 4.78 is 67.7. The van der Waals surface area contributed by atoms with Gasteiger partial charge in [-0.2, -0.15) is 0 Å². The Morgan fingerprint density at radius 2 is 1.70 bits per heavy atom. The number of hydrogen-bond donors (Lipinski definition) is 1. The maximum absolute atomic E-state index is 16.3. The van der Waals surface area contributed by atoms with E-state index >= 15 is 8.78 Å². The summed E-state index contributed by atoms with van der Waals surface area (Å²) in [6, 6.07) is 16.3. The first kappa shape index (κ1) is 33.3. The molecular weight excluding hydrogens is 610 g/mol. The number of alkyl halides is 2. The molecule has 0 amide bonds. The molecule has 6 nitrogen and oxygen atoms in total. The van der Waals surface area contributed by atoms with Gasteiger partial charge < -0.3 is 14.7 Å². The lowest BCUT2D eigenvalue weighted by Gasteiger charge is -2.48. The normalized spacial score (nSPS) is 21.9. The molecule has 252 valence electrons. The Morgan fingerprint density at radius 3 is 2.36 bits per heavy atom. The number of rotatable bonds is 9. The van der Waals surface area contributed by atoms with Gasteiger partial charge in [0.25, 0.3) is 5.92 Å². The molecule has 3 aromatic rings. The Morgan fingerprint density at radius 1 is 1.00 bits per heavy atom. The van der Waals surface area contributed by atoms with Gasteiger partial charge in [-0.3, -0.25) is 14.6 Å².